The Hall–Kier alpha value is -4.98. The van der Waals surface area contributed by atoms with Gasteiger partial charge in [0.15, 0.2) is 0 Å². The third-order valence-electron chi connectivity index (χ3n) is 11.0. The molecule has 0 fully saturated rings. The highest BCUT2D eigenvalue weighted by Crippen LogP contribution is 2.55. The van der Waals surface area contributed by atoms with E-state index in [1.807, 2.05) is 0 Å². The summed E-state index contributed by atoms with van der Waals surface area (Å²) < 4.78 is 15.4. The number of aromatic nitrogens is 3. The minimum atomic E-state index is -0.655. The molecule has 1 atom stereocenters. The van der Waals surface area contributed by atoms with Gasteiger partial charge in [-0.3, -0.25) is 0 Å². The highest BCUT2D eigenvalue weighted by molar-refractivity contribution is 6.30. The Balaban J connectivity index is 1.40. The first kappa shape index (κ1) is 25.4. The average molecular weight is 595 g/mol. The molecule has 8 aliphatic heterocycles. The first-order chi connectivity index (χ1) is 22.0. The minimum absolute atomic E-state index is 0.655. The molecule has 0 aromatic carbocycles. The molecule has 0 saturated heterocycles. The molecule has 8 nitrogen and oxygen atoms in total. The number of hydrogen-bond acceptors (Lipinski definition) is 2. The van der Waals surface area contributed by atoms with Gasteiger partial charge in [0.1, 0.15) is 23.8 Å². The first-order valence-corrected chi connectivity index (χ1v) is 16.5. The van der Waals surface area contributed by atoms with E-state index in [2.05, 4.69) is 152 Å². The van der Waals surface area contributed by atoms with Crippen LogP contribution in [0.1, 0.15) is 58.8 Å². The van der Waals surface area contributed by atoms with Crippen molar-refractivity contribution in [1.29, 1.82) is 0 Å². The van der Waals surface area contributed by atoms with E-state index in [0.717, 1.165) is 26.2 Å². The zero-order valence-electron chi connectivity index (χ0n) is 26.8. The van der Waals surface area contributed by atoms with Crippen LogP contribution in [0, 0.1) is 0 Å². The van der Waals surface area contributed by atoms with E-state index < -0.39 is 5.91 Å². The normalized spacial score (nSPS) is 24.5. The summed E-state index contributed by atoms with van der Waals surface area (Å²) in [4.78, 5) is 4.81. The van der Waals surface area contributed by atoms with Crippen LogP contribution in [0.2, 0.25) is 0 Å². The van der Waals surface area contributed by atoms with Gasteiger partial charge in [0, 0.05) is 67.5 Å². The Labute approximate surface area is 263 Å². The number of nitrogens with zero attached hydrogens (tertiary/aromatic N) is 8. The van der Waals surface area contributed by atoms with E-state index in [4.69, 9.17) is 0 Å². The summed E-state index contributed by atoms with van der Waals surface area (Å²) in [7, 11) is 0. The molecule has 0 radical (unpaired) electrons. The summed E-state index contributed by atoms with van der Waals surface area (Å²) in [6, 6.07) is 4.73. The quantitative estimate of drug-likeness (QED) is 0.477. The highest BCUT2D eigenvalue weighted by atomic mass is 15.6. The minimum Gasteiger partial charge on any atom is -0.332 e. The van der Waals surface area contributed by atoms with Crippen LogP contribution in [0.4, 0.5) is 0 Å². The van der Waals surface area contributed by atoms with Gasteiger partial charge >= 0.3 is 11.7 Å². The first-order valence-electron chi connectivity index (χ1n) is 16.5. The average Bonchev–Trinajstić information content (AvgIpc) is 3.90. The number of hydrogen-bond donors (Lipinski definition) is 0. The summed E-state index contributed by atoms with van der Waals surface area (Å²) >= 11 is 0. The Morgan fingerprint density at radius 2 is 1.24 bits per heavy atom. The van der Waals surface area contributed by atoms with E-state index in [1.54, 1.807) is 0 Å². The second-order valence-corrected chi connectivity index (χ2v) is 12.7. The summed E-state index contributed by atoms with van der Waals surface area (Å²) in [5.74, 6) is 1.87. The molecule has 2 aromatic heterocycles. The zero-order valence-corrected chi connectivity index (χ0v) is 26.8. The maximum atomic E-state index is 2.65. The molecule has 8 heteroatoms. The lowest BCUT2D eigenvalue weighted by molar-refractivity contribution is -1.00. The van der Waals surface area contributed by atoms with Crippen molar-refractivity contribution in [3.8, 4) is 0 Å². The van der Waals surface area contributed by atoms with Crippen LogP contribution in [0.25, 0.3) is 16.7 Å². The topological polar surface area (TPSA) is 29.2 Å². The van der Waals surface area contributed by atoms with Crippen molar-refractivity contribution in [1.82, 2.24) is 18.9 Å². The largest absolute Gasteiger partial charge is 0.667 e. The fraction of sp³-hybridized carbons (Fsp3) is 0.297. The third-order valence-corrected chi connectivity index (χ3v) is 11.0. The lowest BCUT2D eigenvalue weighted by Crippen LogP contribution is -2.68. The molecule has 0 bridgehead atoms. The van der Waals surface area contributed by atoms with Crippen molar-refractivity contribution in [3.05, 3.63) is 119 Å². The predicted octanol–water partition coefficient (Wildman–Crippen LogP) is 4.52. The molecule has 222 valence electrons. The molecule has 0 unspecified atom stereocenters. The van der Waals surface area contributed by atoms with Gasteiger partial charge in [-0.05, 0) is 67.4 Å². The van der Waals surface area contributed by atoms with Gasteiger partial charge < -0.3 is 9.80 Å². The van der Waals surface area contributed by atoms with Gasteiger partial charge in [0.25, 0.3) is 0 Å². The van der Waals surface area contributed by atoms with E-state index in [9.17, 15) is 0 Å². The van der Waals surface area contributed by atoms with Crippen molar-refractivity contribution >= 4 is 33.9 Å². The van der Waals surface area contributed by atoms with Gasteiger partial charge in [0.2, 0.25) is 39.8 Å². The second kappa shape index (κ2) is 8.18. The summed E-state index contributed by atoms with van der Waals surface area (Å²) in [5.41, 5.74) is 15.3. The number of aryl methyl sites for hydroxylation is 2. The van der Waals surface area contributed by atoms with E-state index in [1.165, 1.54) is 79.6 Å². The van der Waals surface area contributed by atoms with Gasteiger partial charge in [-0.2, -0.15) is 4.57 Å². The Bertz CT molecular complexity index is 2180. The van der Waals surface area contributed by atoms with Gasteiger partial charge in [-0.1, -0.05) is 0 Å². The molecule has 8 aliphatic rings. The van der Waals surface area contributed by atoms with Crippen molar-refractivity contribution in [2.24, 2.45) is 0 Å². The smallest absolute Gasteiger partial charge is 0.332 e. The van der Waals surface area contributed by atoms with Crippen molar-refractivity contribution in [2.75, 3.05) is 13.1 Å². The lowest BCUT2D eigenvalue weighted by atomic mass is 9.97. The van der Waals surface area contributed by atoms with Crippen LogP contribution in [0.5, 0.6) is 0 Å². The molecule has 10 rings (SSSR count). The summed E-state index contributed by atoms with van der Waals surface area (Å²) in [5, 5.41) is 0. The fourth-order valence-corrected chi connectivity index (χ4v) is 9.10. The van der Waals surface area contributed by atoms with Crippen molar-refractivity contribution in [3.63, 3.8) is 0 Å². The van der Waals surface area contributed by atoms with Crippen LogP contribution in [-0.4, -0.2) is 62.9 Å². The van der Waals surface area contributed by atoms with Crippen LogP contribution < -0.4 is 4.57 Å². The predicted molar refractivity (Wildman–Crippen MR) is 175 cm³/mol. The summed E-state index contributed by atoms with van der Waals surface area (Å²) in [6.45, 7) is 17.3. The SMILES string of the molecule is CCN1C=CN(CC)C1=C1C2=[N+]3C(=C(C)C4=[N+]5C(=C(c6n(CC)cc[n+]6CC)C6=[N+]7C(=C(C)c8ccc1n8[C@@]537)C=C6)C=C4)C=C2. The molecular weight excluding hydrogens is 556 g/mol. The van der Waals surface area contributed by atoms with Crippen LogP contribution >= 0.6 is 0 Å². The summed E-state index contributed by atoms with van der Waals surface area (Å²) in [6.07, 6.45) is 23.2. The van der Waals surface area contributed by atoms with Crippen molar-refractivity contribution in [2.45, 2.75) is 60.5 Å². The molecule has 0 saturated carbocycles. The molecule has 0 amide bonds. The van der Waals surface area contributed by atoms with Crippen molar-refractivity contribution < 1.29 is 18.3 Å². The molecule has 0 aliphatic carbocycles. The maximum absolute atomic E-state index is 2.65. The Kier molecular flexibility index (Phi) is 4.61. The molecule has 1 spiro atoms. The number of rotatable bonds is 5. The van der Waals surface area contributed by atoms with E-state index in [-0.39, 0.29) is 0 Å². The lowest BCUT2D eigenvalue weighted by Gasteiger charge is -2.37. The molecular formula is C37H38N8+4. The Morgan fingerprint density at radius 3 is 1.91 bits per heavy atom. The fourth-order valence-electron chi connectivity index (χ4n) is 9.10. The monoisotopic (exact) mass is 594 g/mol. The Morgan fingerprint density at radius 1 is 0.644 bits per heavy atom. The molecule has 45 heavy (non-hydrogen) atoms. The van der Waals surface area contributed by atoms with Crippen LogP contribution in [-0.2, 0) is 19.0 Å². The molecule has 2 aromatic rings. The second-order valence-electron chi connectivity index (χ2n) is 12.7. The van der Waals surface area contributed by atoms with E-state index in [0.29, 0.717) is 0 Å². The van der Waals surface area contributed by atoms with Gasteiger partial charge in [-0.25, -0.2) is 9.13 Å². The maximum Gasteiger partial charge on any atom is 0.667 e. The van der Waals surface area contributed by atoms with Crippen LogP contribution in [0.3, 0.4) is 0 Å². The van der Waals surface area contributed by atoms with E-state index >= 15 is 0 Å². The molecule has 10 heterocycles. The number of imidazole rings is 1. The molecule has 0 N–H and O–H groups in total. The third kappa shape index (κ3) is 2.54. The standard InChI is InChI=1S/C37H38N8/c1-7-38-19-20-39(8-2)35(38)33-29-15-11-25-23(5)27-13-17-31-34(36-40(9-3)21-22-41(36)10-4)32-18-14-28-24(6)26-12-16-30(33)43(26)37(42(25)29,44(27)31)45(28)32/h11-22H,7-10H2,1-6H3/q+4/t37-/m1/s1. The number of allylic oxidation sites excluding steroid dienone is 10. The van der Waals surface area contributed by atoms with Crippen LogP contribution in [0.15, 0.2) is 102 Å². The highest BCUT2D eigenvalue weighted by Gasteiger charge is 2.82. The van der Waals surface area contributed by atoms with Gasteiger partial charge in [0.05, 0.1) is 30.1 Å². The zero-order chi connectivity index (χ0) is 30.5. The van der Waals surface area contributed by atoms with Gasteiger partial charge in [-0.15, -0.1) is 0 Å².